The van der Waals surface area contributed by atoms with Crippen molar-refractivity contribution in [1.82, 2.24) is 0 Å². The van der Waals surface area contributed by atoms with E-state index in [2.05, 4.69) is 6.92 Å². The monoisotopic (exact) mass is 227 g/mol. The minimum absolute atomic E-state index is 0.297. The summed E-state index contributed by atoms with van der Waals surface area (Å²) in [6.45, 7) is 2.53. The van der Waals surface area contributed by atoms with Gasteiger partial charge in [0.1, 0.15) is 6.04 Å². The fourth-order valence-electron chi connectivity index (χ4n) is 1.17. The molecule has 0 aromatic carbocycles. The van der Waals surface area contributed by atoms with Crippen LogP contribution in [0.15, 0.2) is 16.8 Å². The summed E-state index contributed by atoms with van der Waals surface area (Å²) in [5, 5.41) is 3.98. The van der Waals surface area contributed by atoms with Crippen molar-refractivity contribution in [3.05, 3.63) is 22.4 Å². The van der Waals surface area contributed by atoms with E-state index in [1.54, 1.807) is 11.3 Å². The third kappa shape index (κ3) is 4.44. The summed E-state index contributed by atoms with van der Waals surface area (Å²) in [5.41, 5.74) is 6.82. The van der Waals surface area contributed by atoms with Crippen LogP contribution in [0.1, 0.15) is 25.3 Å². The van der Waals surface area contributed by atoms with Crippen molar-refractivity contribution in [2.75, 3.05) is 6.61 Å². The zero-order valence-corrected chi connectivity index (χ0v) is 9.76. The molecule has 4 heteroatoms. The Morgan fingerprint density at radius 3 is 3.07 bits per heavy atom. The third-order valence-corrected chi connectivity index (χ3v) is 2.81. The largest absolute Gasteiger partial charge is 0.465 e. The lowest BCUT2D eigenvalue weighted by Crippen LogP contribution is -2.34. The van der Waals surface area contributed by atoms with Crippen molar-refractivity contribution in [3.63, 3.8) is 0 Å². The summed E-state index contributed by atoms with van der Waals surface area (Å²) in [7, 11) is 0. The number of nitrogens with two attached hydrogens (primary N) is 1. The van der Waals surface area contributed by atoms with Crippen LogP contribution < -0.4 is 5.73 Å². The second-order valence-electron chi connectivity index (χ2n) is 3.46. The van der Waals surface area contributed by atoms with Gasteiger partial charge < -0.3 is 10.5 Å². The molecule has 0 saturated heterocycles. The highest BCUT2D eigenvalue weighted by Gasteiger charge is 2.15. The van der Waals surface area contributed by atoms with Crippen LogP contribution in [0.4, 0.5) is 0 Å². The van der Waals surface area contributed by atoms with E-state index in [4.69, 9.17) is 10.5 Å². The number of thiophene rings is 1. The SMILES string of the molecule is CCCCOC(=O)C(N)Cc1ccsc1. The average Bonchev–Trinajstić information content (AvgIpc) is 2.70. The fourth-order valence-corrected chi connectivity index (χ4v) is 1.85. The van der Waals surface area contributed by atoms with Gasteiger partial charge in [-0.2, -0.15) is 11.3 Å². The number of carbonyl (C=O) groups excluding carboxylic acids is 1. The molecular weight excluding hydrogens is 210 g/mol. The highest BCUT2D eigenvalue weighted by molar-refractivity contribution is 7.07. The number of ether oxygens (including phenoxy) is 1. The van der Waals surface area contributed by atoms with E-state index in [0.717, 1.165) is 18.4 Å². The van der Waals surface area contributed by atoms with Gasteiger partial charge in [-0.3, -0.25) is 4.79 Å². The van der Waals surface area contributed by atoms with Crippen LogP contribution in [-0.2, 0) is 16.0 Å². The standard InChI is InChI=1S/C11H17NO2S/c1-2-3-5-14-11(13)10(12)7-9-4-6-15-8-9/h4,6,8,10H,2-3,5,7,12H2,1H3. The van der Waals surface area contributed by atoms with Crippen LogP contribution >= 0.6 is 11.3 Å². The number of hydrogen-bond acceptors (Lipinski definition) is 4. The van der Waals surface area contributed by atoms with Crippen molar-refractivity contribution in [1.29, 1.82) is 0 Å². The average molecular weight is 227 g/mol. The molecule has 1 heterocycles. The lowest BCUT2D eigenvalue weighted by atomic mass is 10.1. The summed E-state index contributed by atoms with van der Waals surface area (Å²) in [5.74, 6) is -0.297. The Morgan fingerprint density at radius 1 is 1.67 bits per heavy atom. The van der Waals surface area contributed by atoms with Crippen LogP contribution in [0.3, 0.4) is 0 Å². The van der Waals surface area contributed by atoms with Gasteiger partial charge in [0.15, 0.2) is 0 Å². The molecule has 1 atom stereocenters. The minimum Gasteiger partial charge on any atom is -0.465 e. The Bertz CT molecular complexity index is 285. The first kappa shape index (κ1) is 12.2. The van der Waals surface area contributed by atoms with Crippen molar-refractivity contribution in [2.45, 2.75) is 32.2 Å². The molecule has 0 aliphatic rings. The van der Waals surface area contributed by atoms with Gasteiger partial charge >= 0.3 is 5.97 Å². The van der Waals surface area contributed by atoms with Gasteiger partial charge in [0.25, 0.3) is 0 Å². The second-order valence-corrected chi connectivity index (χ2v) is 4.24. The van der Waals surface area contributed by atoms with Gasteiger partial charge in [-0.1, -0.05) is 13.3 Å². The van der Waals surface area contributed by atoms with Gasteiger partial charge in [0.2, 0.25) is 0 Å². The smallest absolute Gasteiger partial charge is 0.323 e. The van der Waals surface area contributed by atoms with Gasteiger partial charge in [-0.15, -0.1) is 0 Å². The van der Waals surface area contributed by atoms with Gasteiger partial charge in [0.05, 0.1) is 6.61 Å². The maximum absolute atomic E-state index is 11.4. The van der Waals surface area contributed by atoms with Crippen molar-refractivity contribution in [3.8, 4) is 0 Å². The number of esters is 1. The zero-order valence-electron chi connectivity index (χ0n) is 8.94. The highest BCUT2D eigenvalue weighted by atomic mass is 32.1. The highest BCUT2D eigenvalue weighted by Crippen LogP contribution is 2.08. The van der Waals surface area contributed by atoms with Gasteiger partial charge in [-0.25, -0.2) is 0 Å². The molecule has 1 rings (SSSR count). The molecule has 3 nitrogen and oxygen atoms in total. The maximum Gasteiger partial charge on any atom is 0.323 e. The topological polar surface area (TPSA) is 52.3 Å². The zero-order chi connectivity index (χ0) is 11.1. The lowest BCUT2D eigenvalue weighted by Gasteiger charge is -2.10. The molecule has 1 unspecified atom stereocenters. The van der Waals surface area contributed by atoms with Crippen LogP contribution in [0, 0.1) is 0 Å². The molecule has 0 saturated carbocycles. The maximum atomic E-state index is 11.4. The first-order valence-corrected chi connectivity index (χ1v) is 6.11. The predicted octanol–water partition coefficient (Wildman–Crippen LogP) is 1.96. The molecular formula is C11H17NO2S. The Morgan fingerprint density at radius 2 is 2.47 bits per heavy atom. The van der Waals surface area contributed by atoms with Crippen LogP contribution in [0.5, 0.6) is 0 Å². The molecule has 0 fully saturated rings. The minimum atomic E-state index is -0.531. The molecule has 2 N–H and O–H groups in total. The molecule has 1 aromatic heterocycles. The number of rotatable bonds is 6. The molecule has 0 aliphatic carbocycles. The molecule has 84 valence electrons. The van der Waals surface area contributed by atoms with Crippen molar-refractivity contribution >= 4 is 17.3 Å². The quantitative estimate of drug-likeness (QED) is 0.597. The first-order valence-electron chi connectivity index (χ1n) is 5.17. The predicted molar refractivity (Wildman–Crippen MR) is 61.9 cm³/mol. The summed E-state index contributed by atoms with van der Waals surface area (Å²) in [6, 6.07) is 1.44. The van der Waals surface area contributed by atoms with E-state index in [1.807, 2.05) is 16.8 Å². The molecule has 0 aliphatic heterocycles. The van der Waals surface area contributed by atoms with Gasteiger partial charge in [0, 0.05) is 0 Å². The number of unbranched alkanes of at least 4 members (excludes halogenated alkanes) is 1. The third-order valence-electron chi connectivity index (χ3n) is 2.08. The molecule has 15 heavy (non-hydrogen) atoms. The Labute approximate surface area is 94.2 Å². The molecule has 0 radical (unpaired) electrons. The van der Waals surface area contributed by atoms with E-state index in [9.17, 15) is 4.79 Å². The molecule has 1 aromatic rings. The van der Waals surface area contributed by atoms with E-state index >= 15 is 0 Å². The van der Waals surface area contributed by atoms with E-state index < -0.39 is 6.04 Å². The summed E-state index contributed by atoms with van der Waals surface area (Å²) in [6.07, 6.45) is 2.48. The molecule has 0 amide bonds. The van der Waals surface area contributed by atoms with Crippen LogP contribution in [0.2, 0.25) is 0 Å². The normalized spacial score (nSPS) is 12.4. The van der Waals surface area contributed by atoms with Crippen molar-refractivity contribution < 1.29 is 9.53 Å². The second kappa shape index (κ2) is 6.58. The molecule has 0 bridgehead atoms. The van der Waals surface area contributed by atoms with Crippen LogP contribution in [-0.4, -0.2) is 18.6 Å². The van der Waals surface area contributed by atoms with E-state index in [1.165, 1.54) is 0 Å². The Hall–Kier alpha value is -0.870. The van der Waals surface area contributed by atoms with Crippen molar-refractivity contribution in [2.24, 2.45) is 5.73 Å². The lowest BCUT2D eigenvalue weighted by molar-refractivity contribution is -0.145. The molecule has 0 spiro atoms. The van der Waals surface area contributed by atoms with E-state index in [-0.39, 0.29) is 5.97 Å². The van der Waals surface area contributed by atoms with E-state index in [0.29, 0.717) is 13.0 Å². The number of hydrogen-bond donors (Lipinski definition) is 1. The first-order chi connectivity index (χ1) is 7.24. The fraction of sp³-hybridized carbons (Fsp3) is 0.545. The summed E-state index contributed by atoms with van der Waals surface area (Å²) < 4.78 is 5.03. The Balaban J connectivity index is 2.27. The summed E-state index contributed by atoms with van der Waals surface area (Å²) in [4.78, 5) is 11.4. The Kier molecular flexibility index (Phi) is 5.36. The number of carbonyl (C=O) groups is 1. The summed E-state index contributed by atoms with van der Waals surface area (Å²) >= 11 is 1.61. The van der Waals surface area contributed by atoms with Crippen LogP contribution in [0.25, 0.3) is 0 Å². The van der Waals surface area contributed by atoms with Gasteiger partial charge in [-0.05, 0) is 35.2 Å².